The minimum absolute atomic E-state index is 0. The van der Waals surface area contributed by atoms with Crippen LogP contribution in [0.4, 0.5) is 0 Å². The van der Waals surface area contributed by atoms with E-state index in [0.29, 0.717) is 6.61 Å². The van der Waals surface area contributed by atoms with Crippen molar-refractivity contribution in [1.82, 2.24) is 0 Å². The van der Waals surface area contributed by atoms with E-state index in [1.54, 1.807) is 6.08 Å². The summed E-state index contributed by atoms with van der Waals surface area (Å²) in [7, 11) is 0. The van der Waals surface area contributed by atoms with Crippen LogP contribution in [-0.2, 0) is 42.2 Å². The number of carbonyl (C=O) groups excluding carboxylic acids is 1. The summed E-state index contributed by atoms with van der Waals surface area (Å²) in [6.07, 6.45) is 4.06. The van der Waals surface area contributed by atoms with Gasteiger partial charge >= 0.3 is 38.7 Å². The number of benzene rings is 2. The van der Waals surface area contributed by atoms with Crippen molar-refractivity contribution in [1.29, 1.82) is 0 Å². The number of hydrogen-bond acceptors (Lipinski definition) is 2. The van der Waals surface area contributed by atoms with Crippen LogP contribution >= 0.6 is 0 Å². The summed E-state index contributed by atoms with van der Waals surface area (Å²) in [5.41, 5.74) is 3.27. The van der Waals surface area contributed by atoms with E-state index in [4.69, 9.17) is 4.74 Å². The Bertz CT molecular complexity index is 574. The van der Waals surface area contributed by atoms with Gasteiger partial charge in [-0.25, -0.2) is 4.79 Å². The van der Waals surface area contributed by atoms with Gasteiger partial charge in [0.1, 0.15) is 0 Å². The molecular formula is C18H17O2Y+2. The van der Waals surface area contributed by atoms with Crippen LogP contribution in [0.15, 0.2) is 54.6 Å². The van der Waals surface area contributed by atoms with Gasteiger partial charge in [-0.1, -0.05) is 31.2 Å². The van der Waals surface area contributed by atoms with Gasteiger partial charge in [0.15, 0.2) is 0 Å². The van der Waals surface area contributed by atoms with Crippen molar-refractivity contribution in [3.8, 4) is 11.1 Å². The van der Waals surface area contributed by atoms with Crippen LogP contribution < -0.4 is 0 Å². The van der Waals surface area contributed by atoms with E-state index < -0.39 is 0 Å². The third kappa shape index (κ3) is 5.95. The molecule has 2 nitrogen and oxygen atoms in total. The second-order valence-electron chi connectivity index (χ2n) is 4.41. The first-order valence-corrected chi connectivity index (χ1v) is 6.71. The topological polar surface area (TPSA) is 26.3 Å². The maximum atomic E-state index is 11.4. The van der Waals surface area contributed by atoms with Gasteiger partial charge in [0, 0.05) is 6.08 Å². The maximum Gasteiger partial charge on any atom is 3.00 e. The van der Waals surface area contributed by atoms with Crippen LogP contribution in [0.25, 0.3) is 17.2 Å². The second-order valence-corrected chi connectivity index (χ2v) is 4.41. The Labute approximate surface area is 151 Å². The van der Waals surface area contributed by atoms with Crippen LogP contribution in [0, 0.1) is 6.07 Å². The molecule has 2 rings (SSSR count). The Kier molecular flexibility index (Phi) is 8.18. The van der Waals surface area contributed by atoms with E-state index in [-0.39, 0.29) is 38.7 Å². The van der Waals surface area contributed by atoms with E-state index in [1.165, 1.54) is 6.08 Å². The van der Waals surface area contributed by atoms with Crippen LogP contribution in [0.2, 0.25) is 0 Å². The zero-order valence-corrected chi connectivity index (χ0v) is 14.9. The van der Waals surface area contributed by atoms with Crippen LogP contribution in [0.5, 0.6) is 0 Å². The third-order valence-corrected chi connectivity index (χ3v) is 2.82. The first kappa shape index (κ1) is 17.8. The SMILES string of the molecule is CCCOC(=O)/C=C/c1ccc(-c2cc[c-]cc2)cc1.[Y+3]. The zero-order valence-electron chi connectivity index (χ0n) is 12.1. The molecule has 0 amide bonds. The Morgan fingerprint density at radius 1 is 1.10 bits per heavy atom. The molecule has 0 heterocycles. The quantitative estimate of drug-likeness (QED) is 0.459. The molecule has 102 valence electrons. The molecule has 0 spiro atoms. The first-order valence-electron chi connectivity index (χ1n) is 6.71. The maximum absolute atomic E-state index is 11.4. The molecule has 0 fully saturated rings. The molecule has 0 bridgehead atoms. The summed E-state index contributed by atoms with van der Waals surface area (Å²) in [4.78, 5) is 11.4. The van der Waals surface area contributed by atoms with Gasteiger partial charge in [0.05, 0.1) is 6.61 Å². The van der Waals surface area contributed by atoms with Crippen molar-refractivity contribution in [2.75, 3.05) is 6.61 Å². The predicted molar refractivity (Wildman–Crippen MR) is 81.0 cm³/mol. The molecule has 0 saturated heterocycles. The summed E-state index contributed by atoms with van der Waals surface area (Å²) >= 11 is 0. The summed E-state index contributed by atoms with van der Waals surface area (Å²) in [5.74, 6) is -0.297. The van der Waals surface area contributed by atoms with E-state index in [0.717, 1.165) is 23.1 Å². The fraction of sp³-hybridized carbons (Fsp3) is 0.167. The minimum Gasteiger partial charge on any atom is -0.463 e. The normalized spacial score (nSPS) is 10.1. The monoisotopic (exact) mass is 354 g/mol. The van der Waals surface area contributed by atoms with Crippen molar-refractivity contribution in [3.05, 3.63) is 66.2 Å². The van der Waals surface area contributed by atoms with Crippen molar-refractivity contribution in [2.24, 2.45) is 0 Å². The molecule has 0 aliphatic heterocycles. The number of esters is 1. The zero-order chi connectivity index (χ0) is 14.2. The van der Waals surface area contributed by atoms with Gasteiger partial charge in [-0.3, -0.25) is 0 Å². The summed E-state index contributed by atoms with van der Waals surface area (Å²) in [5, 5.41) is 0. The molecule has 0 N–H and O–H groups in total. The van der Waals surface area contributed by atoms with Crippen molar-refractivity contribution in [2.45, 2.75) is 13.3 Å². The molecule has 0 unspecified atom stereocenters. The molecule has 0 atom stereocenters. The Hall–Kier alpha value is -1.25. The van der Waals surface area contributed by atoms with Gasteiger partial charge in [0.2, 0.25) is 0 Å². The molecule has 2 aromatic rings. The number of ether oxygens (including phenoxy) is 1. The Morgan fingerprint density at radius 3 is 2.33 bits per heavy atom. The minimum atomic E-state index is -0.297. The fourth-order valence-corrected chi connectivity index (χ4v) is 1.78. The summed E-state index contributed by atoms with van der Waals surface area (Å²) in [6.45, 7) is 2.43. The number of rotatable bonds is 5. The van der Waals surface area contributed by atoms with Crippen LogP contribution in [0.1, 0.15) is 18.9 Å². The second kappa shape index (κ2) is 9.65. The molecule has 0 radical (unpaired) electrons. The molecule has 21 heavy (non-hydrogen) atoms. The predicted octanol–water partition coefficient (Wildman–Crippen LogP) is 4.12. The van der Waals surface area contributed by atoms with Crippen LogP contribution in [0.3, 0.4) is 0 Å². The molecule has 2 aromatic carbocycles. The Balaban J connectivity index is 0.00000220. The van der Waals surface area contributed by atoms with Gasteiger partial charge in [-0.15, -0.1) is 5.56 Å². The molecule has 0 aliphatic carbocycles. The first-order chi connectivity index (χ1) is 9.79. The number of carbonyl (C=O) groups is 1. The fourth-order valence-electron chi connectivity index (χ4n) is 1.78. The van der Waals surface area contributed by atoms with Gasteiger partial charge < -0.3 is 4.74 Å². The molecular weight excluding hydrogens is 337 g/mol. The molecule has 0 saturated carbocycles. The van der Waals surface area contributed by atoms with Gasteiger partial charge in [0.25, 0.3) is 0 Å². The Morgan fingerprint density at radius 2 is 1.71 bits per heavy atom. The summed E-state index contributed by atoms with van der Waals surface area (Å²) in [6, 6.07) is 18.9. The molecule has 3 heteroatoms. The van der Waals surface area contributed by atoms with Crippen molar-refractivity contribution < 1.29 is 42.2 Å². The largest absolute Gasteiger partial charge is 3.00 e. The number of hydrogen-bond donors (Lipinski definition) is 0. The van der Waals surface area contributed by atoms with E-state index >= 15 is 0 Å². The van der Waals surface area contributed by atoms with Gasteiger partial charge in [-0.2, -0.15) is 30.3 Å². The summed E-state index contributed by atoms with van der Waals surface area (Å²) < 4.78 is 4.98. The van der Waals surface area contributed by atoms with Crippen LogP contribution in [-0.4, -0.2) is 12.6 Å². The average molecular weight is 354 g/mol. The standard InChI is InChI=1S/C18H17O2.Y/c1-2-14-20-18(19)13-10-15-8-11-17(12-9-15)16-6-4-3-5-7-16;/h4-13H,2,14H2,1H3;/q-1;+3/b13-10+;. The van der Waals surface area contributed by atoms with E-state index in [9.17, 15) is 4.79 Å². The van der Waals surface area contributed by atoms with E-state index in [1.807, 2.05) is 55.5 Å². The average Bonchev–Trinajstić information content (AvgIpc) is 2.52. The van der Waals surface area contributed by atoms with Crippen molar-refractivity contribution in [3.63, 3.8) is 0 Å². The molecule has 0 aliphatic rings. The van der Waals surface area contributed by atoms with E-state index in [2.05, 4.69) is 6.07 Å². The van der Waals surface area contributed by atoms with Gasteiger partial charge in [-0.05, 0) is 23.6 Å². The third-order valence-electron chi connectivity index (χ3n) is 2.82. The van der Waals surface area contributed by atoms with Crippen molar-refractivity contribution >= 4 is 12.0 Å². The molecule has 0 aromatic heterocycles. The smallest absolute Gasteiger partial charge is 0.463 e.